The molecule has 0 radical (unpaired) electrons. The van der Waals surface area contributed by atoms with Crippen molar-refractivity contribution < 1.29 is 18.4 Å². The van der Waals surface area contributed by atoms with Gasteiger partial charge in [-0.15, -0.1) is 0 Å². The third kappa shape index (κ3) is 2.59. The van der Waals surface area contributed by atoms with E-state index in [4.69, 9.17) is 11.6 Å². The van der Waals surface area contributed by atoms with Crippen LogP contribution in [0.3, 0.4) is 0 Å². The summed E-state index contributed by atoms with van der Waals surface area (Å²) in [6.45, 7) is 0. The normalized spacial score (nSPS) is 25.2. The lowest BCUT2D eigenvalue weighted by Gasteiger charge is -2.43. The average molecular weight is 369 g/mol. The van der Waals surface area contributed by atoms with Crippen LogP contribution in [0.1, 0.15) is 31.2 Å². The number of aliphatic imine (C=N–C) groups is 1. The minimum Gasteiger partial charge on any atom is -0.283 e. The van der Waals surface area contributed by atoms with E-state index in [2.05, 4.69) is 4.99 Å². The molecule has 1 aliphatic carbocycles. The van der Waals surface area contributed by atoms with Crippen molar-refractivity contribution in [3.8, 4) is 0 Å². The molecule has 1 aromatic rings. The van der Waals surface area contributed by atoms with E-state index in [1.54, 1.807) is 0 Å². The number of fused-ring (bicyclic) bond motifs is 2. The number of hydrogen-bond donors (Lipinski definition) is 1. The van der Waals surface area contributed by atoms with Gasteiger partial charge in [0.2, 0.25) is 0 Å². The lowest BCUT2D eigenvalue weighted by Crippen LogP contribution is -2.50. The topological polar surface area (TPSA) is 35.8 Å². The van der Waals surface area contributed by atoms with E-state index in [1.807, 2.05) is 0 Å². The fourth-order valence-electron chi connectivity index (χ4n) is 3.68. The van der Waals surface area contributed by atoms with Crippen molar-refractivity contribution in [2.24, 2.45) is 10.9 Å². The molecule has 1 unspecified atom stereocenters. The van der Waals surface area contributed by atoms with Crippen molar-refractivity contribution in [1.82, 2.24) is 5.06 Å². The van der Waals surface area contributed by atoms with Crippen LogP contribution in [0.15, 0.2) is 47.1 Å². The third-order valence-electron chi connectivity index (χ3n) is 5.16. The molecule has 2 aliphatic heterocycles. The molecule has 1 atom stereocenters. The highest BCUT2D eigenvalue weighted by Crippen LogP contribution is 2.57. The van der Waals surface area contributed by atoms with E-state index in [-0.39, 0.29) is 34.1 Å². The maximum atomic E-state index is 14.5. The second-order valence-electron chi connectivity index (χ2n) is 6.75. The highest BCUT2D eigenvalue weighted by molar-refractivity contribution is 6.30. The monoisotopic (exact) mass is 368 g/mol. The van der Waals surface area contributed by atoms with Gasteiger partial charge in [0.25, 0.3) is 0 Å². The summed E-state index contributed by atoms with van der Waals surface area (Å²) in [5, 5.41) is 11.0. The van der Waals surface area contributed by atoms with Gasteiger partial charge in [0.1, 0.15) is 5.41 Å². The molecule has 0 aromatic heterocycles. The molecule has 7 heteroatoms. The van der Waals surface area contributed by atoms with Gasteiger partial charge in [-0.2, -0.15) is 13.2 Å². The van der Waals surface area contributed by atoms with Crippen molar-refractivity contribution in [1.29, 1.82) is 0 Å². The van der Waals surface area contributed by atoms with Gasteiger partial charge >= 0.3 is 6.18 Å². The highest BCUT2D eigenvalue weighted by Gasteiger charge is 2.61. The molecule has 4 rings (SSSR count). The molecule has 25 heavy (non-hydrogen) atoms. The predicted octanol–water partition coefficient (Wildman–Crippen LogP) is 5.52. The first kappa shape index (κ1) is 16.7. The van der Waals surface area contributed by atoms with E-state index < -0.39 is 11.6 Å². The predicted molar refractivity (Wildman–Crippen MR) is 89.1 cm³/mol. The minimum atomic E-state index is -4.54. The maximum absolute atomic E-state index is 14.5. The summed E-state index contributed by atoms with van der Waals surface area (Å²) in [6, 6.07) is 4.35. The van der Waals surface area contributed by atoms with Gasteiger partial charge in [-0.25, -0.2) is 10.1 Å². The average Bonchev–Trinajstić information content (AvgIpc) is 3.36. The van der Waals surface area contributed by atoms with Gasteiger partial charge in [0.05, 0.1) is 5.69 Å². The van der Waals surface area contributed by atoms with Crippen LogP contribution >= 0.6 is 11.6 Å². The molecule has 1 saturated carbocycles. The first-order chi connectivity index (χ1) is 11.8. The van der Waals surface area contributed by atoms with Crippen LogP contribution in [-0.4, -0.2) is 22.3 Å². The number of halogens is 4. The van der Waals surface area contributed by atoms with Crippen LogP contribution in [0.2, 0.25) is 5.02 Å². The van der Waals surface area contributed by atoms with Crippen LogP contribution in [0.25, 0.3) is 0 Å². The maximum Gasteiger partial charge on any atom is 0.402 e. The Kier molecular flexibility index (Phi) is 3.74. The second-order valence-corrected chi connectivity index (χ2v) is 7.18. The molecule has 1 fully saturated rings. The highest BCUT2D eigenvalue weighted by atomic mass is 35.5. The molecule has 0 spiro atoms. The van der Waals surface area contributed by atoms with Crippen LogP contribution < -0.4 is 0 Å². The molecular weight excluding hydrogens is 353 g/mol. The molecule has 3 aliphatic rings. The molecule has 0 amide bonds. The molecule has 3 nitrogen and oxygen atoms in total. The van der Waals surface area contributed by atoms with Gasteiger partial charge in [0, 0.05) is 16.8 Å². The Morgan fingerprint density at radius 1 is 1.32 bits per heavy atom. The Bertz CT molecular complexity index is 811. The summed E-state index contributed by atoms with van der Waals surface area (Å²) in [5.74, 6) is 0.264. The van der Waals surface area contributed by atoms with E-state index in [0.29, 0.717) is 17.4 Å². The summed E-state index contributed by atoms with van der Waals surface area (Å²) in [6.07, 6.45) is 1.89. The number of amidine groups is 1. The van der Waals surface area contributed by atoms with E-state index in [1.165, 1.54) is 36.6 Å². The number of hydrogen-bond acceptors (Lipinski definition) is 3. The Hall–Kier alpha value is -1.79. The minimum absolute atomic E-state index is 0.0274. The van der Waals surface area contributed by atoms with Crippen LogP contribution in [0, 0.1) is 5.92 Å². The molecule has 132 valence electrons. The Balaban J connectivity index is 1.97. The largest absolute Gasteiger partial charge is 0.402 e. The number of rotatable bonds is 3. The van der Waals surface area contributed by atoms with E-state index >= 15 is 0 Å². The Morgan fingerprint density at radius 3 is 2.76 bits per heavy atom. The summed E-state index contributed by atoms with van der Waals surface area (Å²) in [5.41, 5.74) is -2.00. The second kappa shape index (κ2) is 5.61. The van der Waals surface area contributed by atoms with Crippen molar-refractivity contribution in [2.45, 2.75) is 37.3 Å². The molecular formula is C18H16ClF3N2O. The van der Waals surface area contributed by atoms with Crippen LogP contribution in [-0.2, 0) is 5.41 Å². The summed E-state index contributed by atoms with van der Waals surface area (Å²) >= 11 is 6.02. The van der Waals surface area contributed by atoms with Crippen molar-refractivity contribution in [3.63, 3.8) is 0 Å². The van der Waals surface area contributed by atoms with Crippen molar-refractivity contribution >= 4 is 23.1 Å². The van der Waals surface area contributed by atoms with E-state index in [9.17, 15) is 18.4 Å². The zero-order chi connectivity index (χ0) is 17.8. The summed E-state index contributed by atoms with van der Waals surface area (Å²) < 4.78 is 43.5. The number of alkyl halides is 3. The van der Waals surface area contributed by atoms with Crippen molar-refractivity contribution in [2.75, 3.05) is 0 Å². The first-order valence-corrected chi connectivity index (χ1v) is 8.53. The SMILES string of the molecule is ON1C=CC=C2C1=Nc1ccc(Cl)cc1C2(CCC1CC1)C(F)(F)F. The zero-order valence-electron chi connectivity index (χ0n) is 13.2. The third-order valence-corrected chi connectivity index (χ3v) is 5.40. The fraction of sp³-hybridized carbons (Fsp3) is 0.389. The molecule has 0 bridgehead atoms. The van der Waals surface area contributed by atoms with Crippen LogP contribution in [0.4, 0.5) is 18.9 Å². The quantitative estimate of drug-likeness (QED) is 0.762. The smallest absolute Gasteiger partial charge is 0.283 e. The summed E-state index contributed by atoms with van der Waals surface area (Å²) in [7, 11) is 0. The standard InChI is InChI=1S/C18H16ClF3N2O/c19-12-5-6-15-14(10-12)17(18(20,21)22,8-7-11-3-4-11)13-2-1-9-24(25)16(13)23-15/h1-2,5-6,9-11,25H,3-4,7-8H2. The lowest BCUT2D eigenvalue weighted by atomic mass is 9.67. The van der Waals surface area contributed by atoms with Gasteiger partial charge in [0.15, 0.2) is 5.84 Å². The molecule has 2 heterocycles. The molecule has 1 aromatic carbocycles. The zero-order valence-corrected chi connectivity index (χ0v) is 14.0. The molecule has 0 saturated heterocycles. The van der Waals surface area contributed by atoms with Gasteiger partial charge in [-0.1, -0.05) is 30.5 Å². The molecule has 1 N–H and O–H groups in total. The van der Waals surface area contributed by atoms with Crippen molar-refractivity contribution in [3.05, 3.63) is 52.7 Å². The Labute approximate surface area is 148 Å². The van der Waals surface area contributed by atoms with Gasteiger partial charge in [-0.3, -0.25) is 5.21 Å². The summed E-state index contributed by atoms with van der Waals surface area (Å²) in [4.78, 5) is 4.26. The lowest BCUT2D eigenvalue weighted by molar-refractivity contribution is -0.181. The Morgan fingerprint density at radius 2 is 2.08 bits per heavy atom. The number of allylic oxidation sites excluding steroid dienone is 2. The number of hydroxylamine groups is 2. The van der Waals surface area contributed by atoms with Crippen LogP contribution in [0.5, 0.6) is 0 Å². The number of benzene rings is 1. The number of nitrogens with zero attached hydrogens (tertiary/aromatic N) is 2. The van der Waals surface area contributed by atoms with Gasteiger partial charge in [-0.05, 0) is 48.6 Å². The fourth-order valence-corrected chi connectivity index (χ4v) is 3.86. The van der Waals surface area contributed by atoms with E-state index in [0.717, 1.165) is 12.8 Å². The van der Waals surface area contributed by atoms with Gasteiger partial charge < -0.3 is 0 Å². The first-order valence-electron chi connectivity index (χ1n) is 8.16.